The maximum absolute atomic E-state index is 12.9. The summed E-state index contributed by atoms with van der Waals surface area (Å²) >= 11 is 0. The Kier molecular flexibility index (Phi) is 5.04. The van der Waals surface area contributed by atoms with Gasteiger partial charge in [-0.25, -0.2) is 9.07 Å². The van der Waals surface area contributed by atoms with Gasteiger partial charge in [-0.15, -0.1) is 0 Å². The van der Waals surface area contributed by atoms with Gasteiger partial charge in [-0.3, -0.25) is 4.79 Å². The molecule has 1 atom stereocenters. The molecule has 0 unspecified atom stereocenters. The minimum Gasteiger partial charge on any atom is -0.346 e. The van der Waals surface area contributed by atoms with Crippen LogP contribution in [0.15, 0.2) is 73.1 Å². The van der Waals surface area contributed by atoms with E-state index in [-0.39, 0.29) is 17.8 Å². The fourth-order valence-corrected chi connectivity index (χ4v) is 2.41. The van der Waals surface area contributed by atoms with E-state index >= 15 is 0 Å². The van der Waals surface area contributed by atoms with Crippen LogP contribution in [0.1, 0.15) is 24.1 Å². The molecule has 0 radical (unpaired) electrons. The highest BCUT2D eigenvalue weighted by Crippen LogP contribution is 2.13. The molecule has 2 aromatic carbocycles. The van der Waals surface area contributed by atoms with E-state index in [9.17, 15) is 9.18 Å². The van der Waals surface area contributed by atoms with Gasteiger partial charge in [0.05, 0.1) is 17.9 Å². The Balaban J connectivity index is 1.61. The minimum atomic E-state index is -0.294. The summed E-state index contributed by atoms with van der Waals surface area (Å²) in [7, 11) is 0. The van der Waals surface area contributed by atoms with Crippen LogP contribution in [0.3, 0.4) is 0 Å². The van der Waals surface area contributed by atoms with Crippen molar-refractivity contribution in [3.63, 3.8) is 0 Å². The molecule has 1 N–H and O–H groups in total. The summed E-state index contributed by atoms with van der Waals surface area (Å²) < 4.78 is 14.7. The van der Waals surface area contributed by atoms with E-state index in [0.29, 0.717) is 0 Å². The van der Waals surface area contributed by atoms with Crippen molar-refractivity contribution in [2.45, 2.75) is 13.0 Å². The van der Waals surface area contributed by atoms with E-state index in [1.807, 2.05) is 43.5 Å². The van der Waals surface area contributed by atoms with Gasteiger partial charge in [-0.05, 0) is 42.8 Å². The van der Waals surface area contributed by atoms with Crippen LogP contribution < -0.4 is 5.32 Å². The number of hydrogen-bond acceptors (Lipinski definition) is 2. The number of nitrogens with one attached hydrogen (secondary N) is 1. The quantitative estimate of drug-likeness (QED) is 0.719. The van der Waals surface area contributed by atoms with Crippen LogP contribution in [-0.4, -0.2) is 15.7 Å². The highest BCUT2D eigenvalue weighted by molar-refractivity contribution is 5.91. The largest absolute Gasteiger partial charge is 0.346 e. The zero-order valence-corrected chi connectivity index (χ0v) is 13.8. The molecule has 3 aromatic rings. The molecule has 25 heavy (non-hydrogen) atoms. The maximum Gasteiger partial charge on any atom is 0.244 e. The monoisotopic (exact) mass is 335 g/mol. The van der Waals surface area contributed by atoms with Gasteiger partial charge in [-0.1, -0.05) is 30.3 Å². The molecule has 1 aromatic heterocycles. The van der Waals surface area contributed by atoms with Crippen LogP contribution in [0.4, 0.5) is 4.39 Å². The normalized spacial score (nSPS) is 12.2. The first-order valence-electron chi connectivity index (χ1n) is 7.96. The summed E-state index contributed by atoms with van der Waals surface area (Å²) in [4.78, 5) is 12.0. The zero-order valence-electron chi connectivity index (χ0n) is 13.8. The lowest BCUT2D eigenvalue weighted by Gasteiger charge is -2.12. The second-order valence-corrected chi connectivity index (χ2v) is 5.67. The molecule has 0 spiro atoms. The Morgan fingerprint density at radius 3 is 2.60 bits per heavy atom. The van der Waals surface area contributed by atoms with Gasteiger partial charge in [-0.2, -0.15) is 5.10 Å². The van der Waals surface area contributed by atoms with Crippen molar-refractivity contribution in [3.05, 3.63) is 90.0 Å². The molecule has 1 heterocycles. The van der Waals surface area contributed by atoms with Gasteiger partial charge in [0.2, 0.25) is 5.91 Å². The second kappa shape index (κ2) is 7.57. The third-order valence-corrected chi connectivity index (χ3v) is 3.78. The molecule has 0 fully saturated rings. The lowest BCUT2D eigenvalue weighted by Crippen LogP contribution is -2.24. The number of carbonyl (C=O) groups is 1. The Morgan fingerprint density at radius 2 is 1.88 bits per heavy atom. The first-order valence-corrected chi connectivity index (χ1v) is 7.96. The average molecular weight is 335 g/mol. The van der Waals surface area contributed by atoms with Crippen molar-refractivity contribution in [1.82, 2.24) is 15.1 Å². The molecular formula is C20H18FN3O. The van der Waals surface area contributed by atoms with Crippen LogP contribution in [0, 0.1) is 5.82 Å². The molecule has 0 saturated heterocycles. The van der Waals surface area contributed by atoms with Gasteiger partial charge in [0, 0.05) is 17.8 Å². The summed E-state index contributed by atoms with van der Waals surface area (Å²) in [6.45, 7) is 1.85. The van der Waals surface area contributed by atoms with Crippen molar-refractivity contribution in [1.29, 1.82) is 0 Å². The number of para-hydroxylation sites is 1. The lowest BCUT2D eigenvalue weighted by atomic mass is 10.1. The number of benzene rings is 2. The molecule has 1 amide bonds. The predicted molar refractivity (Wildman–Crippen MR) is 95.6 cm³/mol. The molecule has 126 valence electrons. The molecular weight excluding hydrogens is 317 g/mol. The summed E-state index contributed by atoms with van der Waals surface area (Å²) in [6.07, 6.45) is 6.72. The van der Waals surface area contributed by atoms with Crippen molar-refractivity contribution in [3.8, 4) is 5.69 Å². The van der Waals surface area contributed by atoms with Crippen LogP contribution in [0.25, 0.3) is 11.8 Å². The number of carbonyl (C=O) groups excluding carboxylic acids is 1. The molecule has 0 aliphatic heterocycles. The van der Waals surface area contributed by atoms with Crippen molar-refractivity contribution in [2.24, 2.45) is 0 Å². The summed E-state index contributed by atoms with van der Waals surface area (Å²) in [5.74, 6) is -0.512. The summed E-state index contributed by atoms with van der Waals surface area (Å²) in [5, 5.41) is 7.13. The molecule has 0 saturated carbocycles. The van der Waals surface area contributed by atoms with Crippen LogP contribution in [0.2, 0.25) is 0 Å². The maximum atomic E-state index is 12.9. The number of rotatable bonds is 5. The molecule has 0 aliphatic rings. The Morgan fingerprint density at radius 1 is 1.16 bits per heavy atom. The topological polar surface area (TPSA) is 46.9 Å². The van der Waals surface area contributed by atoms with Crippen LogP contribution >= 0.6 is 0 Å². The van der Waals surface area contributed by atoms with Gasteiger partial charge >= 0.3 is 0 Å². The van der Waals surface area contributed by atoms with E-state index in [4.69, 9.17) is 0 Å². The van der Waals surface area contributed by atoms with Crippen LogP contribution in [-0.2, 0) is 4.79 Å². The molecule has 0 aliphatic carbocycles. The van der Waals surface area contributed by atoms with E-state index < -0.39 is 0 Å². The van der Waals surface area contributed by atoms with E-state index in [1.165, 1.54) is 18.2 Å². The number of nitrogens with zero attached hydrogens (tertiary/aromatic N) is 2. The Labute approximate surface area is 145 Å². The third-order valence-electron chi connectivity index (χ3n) is 3.78. The Bertz CT molecular complexity index is 869. The molecule has 4 nitrogen and oxygen atoms in total. The zero-order chi connectivity index (χ0) is 17.6. The fourth-order valence-electron chi connectivity index (χ4n) is 2.41. The lowest BCUT2D eigenvalue weighted by molar-refractivity contribution is -0.117. The standard InChI is InChI=1S/C20H18FN3O/c1-15(17-8-10-18(21)11-9-17)23-20(25)12-7-16-13-22-24(14-16)19-5-3-2-4-6-19/h2-15H,1H3,(H,23,25)/b12-7+/t15-/m1/s1. The number of halogens is 1. The SMILES string of the molecule is C[C@@H](NC(=O)/C=C/c1cnn(-c2ccccc2)c1)c1ccc(F)cc1. The number of hydrogen-bond donors (Lipinski definition) is 1. The van der Waals surface area contributed by atoms with Crippen molar-refractivity contribution >= 4 is 12.0 Å². The van der Waals surface area contributed by atoms with Crippen molar-refractivity contribution < 1.29 is 9.18 Å². The Hall–Kier alpha value is -3.21. The molecule has 3 rings (SSSR count). The fraction of sp³-hybridized carbons (Fsp3) is 0.100. The summed E-state index contributed by atoms with van der Waals surface area (Å²) in [6, 6.07) is 15.6. The number of amides is 1. The van der Waals surface area contributed by atoms with E-state index in [2.05, 4.69) is 10.4 Å². The molecule has 0 bridgehead atoms. The van der Waals surface area contributed by atoms with Gasteiger partial charge < -0.3 is 5.32 Å². The second-order valence-electron chi connectivity index (χ2n) is 5.67. The van der Waals surface area contributed by atoms with Crippen molar-refractivity contribution in [2.75, 3.05) is 0 Å². The predicted octanol–water partition coefficient (Wildman–Crippen LogP) is 3.90. The first kappa shape index (κ1) is 16.6. The van der Waals surface area contributed by atoms with Crippen LogP contribution in [0.5, 0.6) is 0 Å². The van der Waals surface area contributed by atoms with Gasteiger partial charge in [0.25, 0.3) is 0 Å². The van der Waals surface area contributed by atoms with Gasteiger partial charge in [0.15, 0.2) is 0 Å². The van der Waals surface area contributed by atoms with E-state index in [0.717, 1.165) is 16.8 Å². The third kappa shape index (κ3) is 4.41. The number of aromatic nitrogens is 2. The smallest absolute Gasteiger partial charge is 0.244 e. The highest BCUT2D eigenvalue weighted by atomic mass is 19.1. The van der Waals surface area contributed by atoms with Gasteiger partial charge in [0.1, 0.15) is 5.82 Å². The molecule has 5 heteroatoms. The first-order chi connectivity index (χ1) is 12.1. The summed E-state index contributed by atoms with van der Waals surface area (Å²) in [5.41, 5.74) is 2.63. The van der Waals surface area contributed by atoms with E-state index in [1.54, 1.807) is 29.1 Å². The minimum absolute atomic E-state index is 0.204. The average Bonchev–Trinajstić information content (AvgIpc) is 3.10. The highest BCUT2D eigenvalue weighted by Gasteiger charge is 2.07.